The Kier molecular flexibility index (Phi) is 9.66. The van der Waals surface area contributed by atoms with Gasteiger partial charge in [0.25, 0.3) is 0 Å². The number of hydrogen-bond donors (Lipinski definition) is 1. The van der Waals surface area contributed by atoms with Gasteiger partial charge in [0.15, 0.2) is 5.82 Å². The molecule has 0 spiro atoms. The zero-order chi connectivity index (χ0) is 24.0. The molecule has 33 heavy (non-hydrogen) atoms. The summed E-state index contributed by atoms with van der Waals surface area (Å²) in [7, 11) is 0. The van der Waals surface area contributed by atoms with E-state index in [1.807, 2.05) is 18.2 Å². The van der Waals surface area contributed by atoms with Gasteiger partial charge in [-0.3, -0.25) is 0 Å². The Morgan fingerprint density at radius 3 is 2.30 bits per heavy atom. The standard InChI is InChI=1S/C25H28Cl4N4/c1-4-33(5-2)12-6-7-16(3)30-25-20-9-8-17(26)15-23(20)31-24(32-25)11-10-19-21(28)13-18(27)14-22(19)29/h8-11,13-16H,4-7,12H2,1-3H3,(H,30,31,32). The number of fused-ring (bicyclic) bond motifs is 1. The van der Waals surface area contributed by atoms with E-state index in [2.05, 4.69) is 36.0 Å². The van der Waals surface area contributed by atoms with Crippen LogP contribution in [0.4, 0.5) is 5.82 Å². The molecule has 1 N–H and O–H groups in total. The summed E-state index contributed by atoms with van der Waals surface area (Å²) < 4.78 is 0. The lowest BCUT2D eigenvalue weighted by molar-refractivity contribution is 0.295. The number of nitrogens with zero attached hydrogens (tertiary/aromatic N) is 3. The maximum Gasteiger partial charge on any atom is 0.154 e. The van der Waals surface area contributed by atoms with Crippen LogP contribution >= 0.6 is 46.4 Å². The topological polar surface area (TPSA) is 41.0 Å². The minimum Gasteiger partial charge on any atom is -0.367 e. The van der Waals surface area contributed by atoms with Crippen LogP contribution < -0.4 is 5.32 Å². The molecule has 1 atom stereocenters. The summed E-state index contributed by atoms with van der Waals surface area (Å²) >= 11 is 24.9. The molecule has 3 aromatic rings. The van der Waals surface area contributed by atoms with E-state index in [4.69, 9.17) is 51.4 Å². The summed E-state index contributed by atoms with van der Waals surface area (Å²) in [5.41, 5.74) is 1.43. The molecule has 0 aliphatic carbocycles. The fourth-order valence-corrected chi connectivity index (χ4v) is 4.75. The van der Waals surface area contributed by atoms with Gasteiger partial charge in [0.05, 0.1) is 15.6 Å². The van der Waals surface area contributed by atoms with Crippen LogP contribution in [0.15, 0.2) is 30.3 Å². The first-order valence-corrected chi connectivity index (χ1v) is 12.6. The molecule has 1 aromatic heterocycles. The molecule has 0 saturated carbocycles. The Hall–Kier alpha value is -1.56. The molecule has 1 unspecified atom stereocenters. The molecule has 0 fully saturated rings. The number of aromatic nitrogens is 2. The third kappa shape index (κ3) is 7.21. The van der Waals surface area contributed by atoms with E-state index in [1.165, 1.54) is 0 Å². The van der Waals surface area contributed by atoms with Crippen molar-refractivity contribution in [2.75, 3.05) is 25.0 Å². The molecule has 2 aromatic carbocycles. The SMILES string of the molecule is CCN(CC)CCCC(C)Nc1nc(C=Cc2c(Cl)cc(Cl)cc2Cl)nc2cc(Cl)ccc12. The Labute approximate surface area is 215 Å². The third-order valence-electron chi connectivity index (χ3n) is 5.51. The molecule has 0 bridgehead atoms. The van der Waals surface area contributed by atoms with Crippen molar-refractivity contribution < 1.29 is 0 Å². The van der Waals surface area contributed by atoms with E-state index in [-0.39, 0.29) is 6.04 Å². The van der Waals surface area contributed by atoms with Gasteiger partial charge in [0, 0.05) is 27.0 Å². The van der Waals surface area contributed by atoms with E-state index in [0.717, 1.165) is 49.2 Å². The molecule has 0 radical (unpaired) electrons. The summed E-state index contributed by atoms with van der Waals surface area (Å²) in [6.07, 6.45) is 5.74. The number of rotatable bonds is 10. The van der Waals surface area contributed by atoms with Crippen molar-refractivity contribution in [1.29, 1.82) is 0 Å². The Morgan fingerprint density at radius 1 is 0.939 bits per heavy atom. The second kappa shape index (κ2) is 12.2. The van der Waals surface area contributed by atoms with Crippen LogP contribution in [0.5, 0.6) is 0 Å². The van der Waals surface area contributed by atoms with E-state index >= 15 is 0 Å². The van der Waals surface area contributed by atoms with Crippen LogP contribution in [0.2, 0.25) is 20.1 Å². The lowest BCUT2D eigenvalue weighted by Gasteiger charge is -2.20. The second-order valence-electron chi connectivity index (χ2n) is 7.92. The van der Waals surface area contributed by atoms with Crippen molar-refractivity contribution >= 4 is 75.3 Å². The monoisotopic (exact) mass is 524 g/mol. The van der Waals surface area contributed by atoms with Crippen LogP contribution in [0.1, 0.15) is 45.0 Å². The number of anilines is 1. The lowest BCUT2D eigenvalue weighted by atomic mass is 10.1. The molecular weight excluding hydrogens is 498 g/mol. The highest BCUT2D eigenvalue weighted by Gasteiger charge is 2.12. The van der Waals surface area contributed by atoms with Gasteiger partial charge in [-0.25, -0.2) is 9.97 Å². The van der Waals surface area contributed by atoms with Gasteiger partial charge in [-0.05, 0) is 81.9 Å². The second-order valence-corrected chi connectivity index (χ2v) is 9.61. The molecule has 0 aliphatic heterocycles. The van der Waals surface area contributed by atoms with Gasteiger partial charge in [0.1, 0.15) is 5.82 Å². The highest BCUT2D eigenvalue weighted by Crippen LogP contribution is 2.31. The fraction of sp³-hybridized carbons (Fsp3) is 0.360. The van der Waals surface area contributed by atoms with Crippen LogP contribution in [0, 0.1) is 0 Å². The maximum atomic E-state index is 6.31. The quantitative estimate of drug-likeness (QED) is 0.288. The smallest absolute Gasteiger partial charge is 0.154 e. The first-order chi connectivity index (χ1) is 15.8. The Bertz CT molecular complexity index is 1110. The minimum absolute atomic E-state index is 0.256. The van der Waals surface area contributed by atoms with Gasteiger partial charge in [-0.2, -0.15) is 0 Å². The van der Waals surface area contributed by atoms with Crippen molar-refractivity contribution in [3.05, 3.63) is 61.8 Å². The predicted molar refractivity (Wildman–Crippen MR) is 145 cm³/mol. The summed E-state index contributed by atoms with van der Waals surface area (Å²) in [5, 5.41) is 6.53. The van der Waals surface area contributed by atoms with E-state index < -0.39 is 0 Å². The van der Waals surface area contributed by atoms with E-state index in [9.17, 15) is 0 Å². The van der Waals surface area contributed by atoms with Crippen LogP contribution in [0.3, 0.4) is 0 Å². The largest absolute Gasteiger partial charge is 0.367 e. The van der Waals surface area contributed by atoms with Crippen LogP contribution in [0.25, 0.3) is 23.1 Å². The molecule has 4 nitrogen and oxygen atoms in total. The molecule has 8 heteroatoms. The predicted octanol–water partition coefficient (Wildman–Crippen LogP) is 8.34. The molecular formula is C25H28Cl4N4. The van der Waals surface area contributed by atoms with Gasteiger partial charge in [-0.1, -0.05) is 60.3 Å². The first kappa shape index (κ1) is 26.1. The number of halogens is 4. The number of benzene rings is 2. The summed E-state index contributed by atoms with van der Waals surface area (Å²) in [6.45, 7) is 9.82. The minimum atomic E-state index is 0.256. The average Bonchev–Trinajstić information content (AvgIpc) is 2.75. The van der Waals surface area contributed by atoms with Crippen LogP contribution in [-0.4, -0.2) is 40.5 Å². The summed E-state index contributed by atoms with van der Waals surface area (Å²) in [4.78, 5) is 11.9. The van der Waals surface area contributed by atoms with Gasteiger partial charge in [-0.15, -0.1) is 0 Å². The van der Waals surface area contributed by atoms with Crippen molar-refractivity contribution in [3.63, 3.8) is 0 Å². The van der Waals surface area contributed by atoms with Crippen molar-refractivity contribution in [2.24, 2.45) is 0 Å². The van der Waals surface area contributed by atoms with Crippen molar-refractivity contribution in [1.82, 2.24) is 14.9 Å². The zero-order valence-corrected chi connectivity index (χ0v) is 22.0. The average molecular weight is 526 g/mol. The highest BCUT2D eigenvalue weighted by molar-refractivity contribution is 6.40. The van der Waals surface area contributed by atoms with E-state index in [1.54, 1.807) is 24.3 Å². The molecule has 176 valence electrons. The Balaban J connectivity index is 1.86. The van der Waals surface area contributed by atoms with Gasteiger partial charge >= 0.3 is 0 Å². The Morgan fingerprint density at radius 2 is 1.64 bits per heavy atom. The zero-order valence-electron chi connectivity index (χ0n) is 19.0. The lowest BCUT2D eigenvalue weighted by Crippen LogP contribution is -2.25. The van der Waals surface area contributed by atoms with E-state index in [0.29, 0.717) is 31.5 Å². The molecule has 3 rings (SSSR count). The van der Waals surface area contributed by atoms with Crippen molar-refractivity contribution in [2.45, 2.75) is 39.7 Å². The molecule has 0 amide bonds. The third-order valence-corrected chi connectivity index (χ3v) is 6.59. The molecule has 0 aliphatic rings. The molecule has 0 saturated heterocycles. The maximum absolute atomic E-state index is 6.31. The number of hydrogen-bond acceptors (Lipinski definition) is 4. The van der Waals surface area contributed by atoms with Gasteiger partial charge < -0.3 is 10.2 Å². The van der Waals surface area contributed by atoms with Gasteiger partial charge in [0.2, 0.25) is 0 Å². The summed E-state index contributed by atoms with van der Waals surface area (Å²) in [5.74, 6) is 1.31. The normalized spacial score (nSPS) is 12.7. The molecule has 1 heterocycles. The van der Waals surface area contributed by atoms with Crippen molar-refractivity contribution in [3.8, 4) is 0 Å². The number of nitrogens with one attached hydrogen (secondary N) is 1. The van der Waals surface area contributed by atoms with Crippen LogP contribution in [-0.2, 0) is 0 Å². The first-order valence-electron chi connectivity index (χ1n) is 11.1. The highest BCUT2D eigenvalue weighted by atomic mass is 35.5. The fourth-order valence-electron chi connectivity index (χ4n) is 3.64. The summed E-state index contributed by atoms with van der Waals surface area (Å²) in [6, 6.07) is 9.21.